The average molecular weight is 432 g/mol. The van der Waals surface area contributed by atoms with Gasteiger partial charge in [-0.15, -0.1) is 0 Å². The van der Waals surface area contributed by atoms with Crippen molar-refractivity contribution >= 4 is 11.6 Å². The molecule has 1 N–H and O–H groups in total. The second-order valence-corrected chi connectivity index (χ2v) is 8.44. The molecule has 0 bridgehead atoms. The molecular weight excluding hydrogens is 398 g/mol. The third-order valence-electron chi connectivity index (χ3n) is 5.97. The first kappa shape index (κ1) is 23.1. The van der Waals surface area contributed by atoms with Crippen LogP contribution in [0.5, 0.6) is 5.75 Å². The van der Waals surface area contributed by atoms with Gasteiger partial charge in [-0.3, -0.25) is 4.90 Å². The summed E-state index contributed by atoms with van der Waals surface area (Å²) < 4.78 is 11.2. The summed E-state index contributed by atoms with van der Waals surface area (Å²) in [6.07, 6.45) is 2.69. The third-order valence-corrected chi connectivity index (χ3v) is 6.22. The van der Waals surface area contributed by atoms with Crippen LogP contribution in [-0.4, -0.2) is 49.5 Å². The van der Waals surface area contributed by atoms with E-state index >= 15 is 0 Å². The highest BCUT2D eigenvalue weighted by molar-refractivity contribution is 6.30. The Hall–Kier alpha value is -1.59. The van der Waals surface area contributed by atoms with Crippen LogP contribution in [0.3, 0.4) is 0 Å². The van der Waals surface area contributed by atoms with E-state index in [2.05, 4.69) is 24.0 Å². The molecule has 2 atom stereocenters. The van der Waals surface area contributed by atoms with Gasteiger partial charge < -0.3 is 14.6 Å². The van der Waals surface area contributed by atoms with Crippen molar-refractivity contribution in [1.29, 1.82) is 0 Å². The molecule has 0 aromatic heterocycles. The fourth-order valence-corrected chi connectivity index (χ4v) is 4.37. The van der Waals surface area contributed by atoms with Gasteiger partial charge in [-0.2, -0.15) is 0 Å². The highest BCUT2D eigenvalue weighted by Gasteiger charge is 2.40. The topological polar surface area (TPSA) is 41.9 Å². The predicted octanol–water partition coefficient (Wildman–Crippen LogP) is 5.23. The van der Waals surface area contributed by atoms with Crippen molar-refractivity contribution in [1.82, 2.24) is 4.90 Å². The first-order chi connectivity index (χ1) is 14.6. The number of nitrogens with zero attached hydrogens (tertiary/aromatic N) is 1. The van der Waals surface area contributed by atoms with Gasteiger partial charge in [0.1, 0.15) is 5.75 Å². The minimum absolute atomic E-state index is 0.0719. The normalized spacial score (nSPS) is 18.0. The quantitative estimate of drug-likeness (QED) is 0.559. The van der Waals surface area contributed by atoms with Crippen molar-refractivity contribution < 1.29 is 14.6 Å². The summed E-state index contributed by atoms with van der Waals surface area (Å²) in [4.78, 5) is 2.40. The molecule has 0 saturated carbocycles. The fraction of sp³-hybridized carbons (Fsp3) is 0.520. The Morgan fingerprint density at radius 2 is 1.73 bits per heavy atom. The van der Waals surface area contributed by atoms with Crippen LogP contribution >= 0.6 is 11.6 Å². The summed E-state index contributed by atoms with van der Waals surface area (Å²) in [5.41, 5.74) is 1.07. The number of rotatable bonds is 10. The highest BCUT2D eigenvalue weighted by atomic mass is 35.5. The summed E-state index contributed by atoms with van der Waals surface area (Å²) in [6, 6.07) is 15.9. The molecular formula is C25H34ClNO3. The summed E-state index contributed by atoms with van der Waals surface area (Å²) in [5.74, 6) is 0.757. The van der Waals surface area contributed by atoms with Crippen molar-refractivity contribution in [2.24, 2.45) is 0 Å². The fourth-order valence-electron chi connectivity index (χ4n) is 4.24. The third kappa shape index (κ3) is 5.76. The maximum atomic E-state index is 12.2. The molecule has 0 amide bonds. The summed E-state index contributed by atoms with van der Waals surface area (Å²) in [5, 5.41) is 12.9. The van der Waals surface area contributed by atoms with E-state index in [4.69, 9.17) is 21.1 Å². The average Bonchev–Trinajstić information content (AvgIpc) is 2.78. The Bertz CT molecular complexity index is 759. The van der Waals surface area contributed by atoms with Crippen LogP contribution in [0.4, 0.5) is 0 Å². The maximum Gasteiger partial charge on any atom is 0.119 e. The number of benzene rings is 2. The van der Waals surface area contributed by atoms with Crippen molar-refractivity contribution in [2.75, 3.05) is 39.5 Å². The zero-order valence-electron chi connectivity index (χ0n) is 18.1. The summed E-state index contributed by atoms with van der Waals surface area (Å²) in [6.45, 7) is 8.80. The SMILES string of the molecule is CCCC[C@](O)(c1ccc(OCC)cc1)[C@H](CN1CCOCC1)c1ccc(Cl)cc1. The lowest BCUT2D eigenvalue weighted by Crippen LogP contribution is -2.45. The molecule has 0 spiro atoms. The van der Waals surface area contributed by atoms with E-state index in [-0.39, 0.29) is 5.92 Å². The second kappa shape index (κ2) is 11.1. The van der Waals surface area contributed by atoms with E-state index < -0.39 is 5.60 Å². The molecule has 3 rings (SSSR count). The van der Waals surface area contributed by atoms with Gasteiger partial charge >= 0.3 is 0 Å². The molecule has 30 heavy (non-hydrogen) atoms. The zero-order chi connectivity index (χ0) is 21.4. The van der Waals surface area contributed by atoms with Crippen LogP contribution in [0.25, 0.3) is 0 Å². The van der Waals surface area contributed by atoms with Crippen molar-refractivity contribution in [3.63, 3.8) is 0 Å². The van der Waals surface area contributed by atoms with Crippen LogP contribution in [-0.2, 0) is 10.3 Å². The largest absolute Gasteiger partial charge is 0.494 e. The van der Waals surface area contributed by atoms with Gasteiger partial charge in [0, 0.05) is 30.6 Å². The smallest absolute Gasteiger partial charge is 0.119 e. The van der Waals surface area contributed by atoms with E-state index in [1.165, 1.54) is 0 Å². The van der Waals surface area contributed by atoms with Crippen molar-refractivity contribution in [3.05, 3.63) is 64.7 Å². The zero-order valence-corrected chi connectivity index (χ0v) is 18.9. The molecule has 0 unspecified atom stereocenters. The van der Waals surface area contributed by atoms with Crippen LogP contribution in [0.2, 0.25) is 5.02 Å². The number of hydrogen-bond acceptors (Lipinski definition) is 4. The van der Waals surface area contributed by atoms with Crippen LogP contribution in [0, 0.1) is 0 Å². The van der Waals surface area contributed by atoms with Crippen molar-refractivity contribution in [2.45, 2.75) is 44.6 Å². The van der Waals surface area contributed by atoms with E-state index in [1.807, 2.05) is 43.3 Å². The van der Waals surface area contributed by atoms with Crippen LogP contribution < -0.4 is 4.74 Å². The van der Waals surface area contributed by atoms with Crippen LogP contribution in [0.1, 0.15) is 50.2 Å². The molecule has 0 radical (unpaired) electrons. The van der Waals surface area contributed by atoms with Crippen LogP contribution in [0.15, 0.2) is 48.5 Å². The standard InChI is InChI=1S/C25H34ClNO3/c1-3-5-14-25(28,21-8-12-23(13-9-21)30-4-2)24(19-27-15-17-29-18-16-27)20-6-10-22(26)11-7-20/h6-13,24,28H,3-5,14-19H2,1-2H3/t24-,25+/m1/s1. The molecule has 2 aromatic rings. The van der Waals surface area contributed by atoms with E-state index in [0.29, 0.717) is 18.1 Å². The second-order valence-electron chi connectivity index (χ2n) is 8.00. The Balaban J connectivity index is 1.99. The first-order valence-corrected chi connectivity index (χ1v) is 11.5. The van der Waals surface area contributed by atoms with Gasteiger partial charge in [-0.1, -0.05) is 55.6 Å². The Labute approximate surface area is 185 Å². The van der Waals surface area contributed by atoms with Gasteiger partial charge in [0.25, 0.3) is 0 Å². The molecule has 0 aliphatic carbocycles. The van der Waals surface area contributed by atoms with E-state index in [0.717, 1.165) is 62.6 Å². The van der Waals surface area contributed by atoms with E-state index in [1.54, 1.807) is 0 Å². The lowest BCUT2D eigenvalue weighted by Gasteiger charge is -2.41. The number of morpholine rings is 1. The number of ether oxygens (including phenoxy) is 2. The molecule has 1 heterocycles. The summed E-state index contributed by atoms with van der Waals surface area (Å²) in [7, 11) is 0. The molecule has 2 aromatic carbocycles. The molecule has 1 fully saturated rings. The van der Waals surface area contributed by atoms with Gasteiger partial charge in [-0.25, -0.2) is 0 Å². The lowest BCUT2D eigenvalue weighted by molar-refractivity contribution is -0.0294. The number of hydrogen-bond donors (Lipinski definition) is 1. The molecule has 5 heteroatoms. The van der Waals surface area contributed by atoms with Gasteiger partial charge in [0.05, 0.1) is 25.4 Å². The Morgan fingerprint density at radius 3 is 2.33 bits per heavy atom. The molecule has 4 nitrogen and oxygen atoms in total. The maximum absolute atomic E-state index is 12.2. The Kier molecular flexibility index (Phi) is 8.58. The predicted molar refractivity (Wildman–Crippen MR) is 122 cm³/mol. The highest BCUT2D eigenvalue weighted by Crippen LogP contribution is 2.42. The summed E-state index contributed by atoms with van der Waals surface area (Å²) >= 11 is 6.17. The van der Waals surface area contributed by atoms with Gasteiger partial charge in [0.15, 0.2) is 0 Å². The molecule has 1 aliphatic rings. The lowest BCUT2D eigenvalue weighted by atomic mass is 9.74. The molecule has 1 aliphatic heterocycles. The van der Waals surface area contributed by atoms with Gasteiger partial charge in [0.2, 0.25) is 0 Å². The van der Waals surface area contributed by atoms with Gasteiger partial charge in [-0.05, 0) is 48.7 Å². The monoisotopic (exact) mass is 431 g/mol. The minimum Gasteiger partial charge on any atom is -0.494 e. The molecule has 1 saturated heterocycles. The number of unbranched alkanes of at least 4 members (excludes halogenated alkanes) is 1. The van der Waals surface area contributed by atoms with E-state index in [9.17, 15) is 5.11 Å². The number of aliphatic hydroxyl groups is 1. The number of halogens is 1. The molecule has 164 valence electrons. The first-order valence-electron chi connectivity index (χ1n) is 11.1. The van der Waals surface area contributed by atoms with Crippen molar-refractivity contribution in [3.8, 4) is 5.75 Å². The Morgan fingerprint density at radius 1 is 1.07 bits per heavy atom. The minimum atomic E-state index is -0.979.